The van der Waals surface area contributed by atoms with E-state index in [1.165, 1.54) is 25.3 Å². The predicted octanol–water partition coefficient (Wildman–Crippen LogP) is 4.47. The molecule has 3 nitrogen and oxygen atoms in total. The molecule has 138 valence electrons. The minimum absolute atomic E-state index is 0.167. The normalized spacial score (nSPS) is 28.6. The maximum Gasteiger partial charge on any atom is 0.313 e. The summed E-state index contributed by atoms with van der Waals surface area (Å²) in [5.41, 5.74) is 0.734. The van der Waals surface area contributed by atoms with E-state index in [-0.39, 0.29) is 23.6 Å². The van der Waals surface area contributed by atoms with Crippen LogP contribution in [0.25, 0.3) is 0 Å². The van der Waals surface area contributed by atoms with E-state index in [2.05, 4.69) is 19.0 Å². The van der Waals surface area contributed by atoms with Gasteiger partial charge in [-0.25, -0.2) is 4.39 Å². The molecular formula is C21H30FNO2. The summed E-state index contributed by atoms with van der Waals surface area (Å²) in [6.07, 6.45) is 4.88. The summed E-state index contributed by atoms with van der Waals surface area (Å²) >= 11 is 0. The van der Waals surface area contributed by atoms with E-state index in [1.54, 1.807) is 26.0 Å². The Morgan fingerprint density at radius 2 is 2.04 bits per heavy atom. The van der Waals surface area contributed by atoms with Crippen LogP contribution in [0.2, 0.25) is 0 Å². The van der Waals surface area contributed by atoms with Gasteiger partial charge >= 0.3 is 5.97 Å². The van der Waals surface area contributed by atoms with Crippen LogP contribution in [0.5, 0.6) is 5.75 Å². The highest BCUT2D eigenvalue weighted by molar-refractivity contribution is 5.74. The Kier molecular flexibility index (Phi) is 5.47. The molecule has 0 radical (unpaired) electrons. The van der Waals surface area contributed by atoms with Gasteiger partial charge in [-0.1, -0.05) is 20.3 Å². The monoisotopic (exact) mass is 347 g/mol. The second-order valence-corrected chi connectivity index (χ2v) is 8.47. The summed E-state index contributed by atoms with van der Waals surface area (Å²) < 4.78 is 20.1. The van der Waals surface area contributed by atoms with Gasteiger partial charge in [0.15, 0.2) is 0 Å². The smallest absolute Gasteiger partial charge is 0.313 e. The van der Waals surface area contributed by atoms with Gasteiger partial charge in [-0.05, 0) is 80.8 Å². The van der Waals surface area contributed by atoms with Gasteiger partial charge in [0.05, 0.1) is 5.92 Å². The summed E-state index contributed by atoms with van der Waals surface area (Å²) in [4.78, 5) is 14.1. The highest BCUT2D eigenvalue weighted by Crippen LogP contribution is 2.52. The van der Waals surface area contributed by atoms with Crippen molar-refractivity contribution in [1.29, 1.82) is 0 Å². The lowest BCUT2D eigenvalue weighted by Crippen LogP contribution is -2.35. The van der Waals surface area contributed by atoms with Gasteiger partial charge in [-0.2, -0.15) is 0 Å². The molecule has 4 atom stereocenters. The summed E-state index contributed by atoms with van der Waals surface area (Å²) in [7, 11) is 4.19. The predicted molar refractivity (Wildman–Crippen MR) is 97.1 cm³/mol. The molecule has 2 aliphatic carbocycles. The molecule has 1 aromatic carbocycles. The Bertz CT molecular complexity index is 628. The molecule has 2 bridgehead atoms. The Balaban J connectivity index is 1.88. The third-order valence-corrected chi connectivity index (χ3v) is 5.92. The number of hydrogen-bond donors (Lipinski definition) is 0. The van der Waals surface area contributed by atoms with Crippen molar-refractivity contribution in [1.82, 2.24) is 4.90 Å². The van der Waals surface area contributed by atoms with E-state index in [4.69, 9.17) is 4.74 Å². The molecule has 25 heavy (non-hydrogen) atoms. The first-order valence-corrected chi connectivity index (χ1v) is 9.51. The molecule has 0 heterocycles. The van der Waals surface area contributed by atoms with Gasteiger partial charge in [0.25, 0.3) is 0 Å². The zero-order chi connectivity index (χ0) is 18.1. The van der Waals surface area contributed by atoms with Crippen LogP contribution in [0.4, 0.5) is 4.39 Å². The van der Waals surface area contributed by atoms with Gasteiger partial charge in [0.1, 0.15) is 11.6 Å². The Labute approximate surface area is 150 Å². The molecule has 0 spiro atoms. The first kappa shape index (κ1) is 18.4. The SMILES string of the molecule is CC(C)C(=O)Oc1ccc(F)c(C2CC3CCC(C3)C2CN(C)C)c1. The molecule has 0 amide bonds. The second kappa shape index (κ2) is 7.45. The van der Waals surface area contributed by atoms with Crippen molar-refractivity contribution >= 4 is 5.97 Å². The standard InChI is InChI=1S/C21H30FNO2/c1-13(2)21(24)25-16-7-8-20(22)18(11-16)17-10-14-5-6-15(9-14)19(17)12-23(3)4/h7-8,11,13-15,17,19H,5-6,9-10,12H2,1-4H3. The molecule has 2 aliphatic rings. The molecule has 2 saturated carbocycles. The first-order chi connectivity index (χ1) is 11.8. The number of carbonyl (C=O) groups is 1. The van der Waals surface area contributed by atoms with Crippen LogP contribution in [0.15, 0.2) is 18.2 Å². The Morgan fingerprint density at radius 1 is 1.28 bits per heavy atom. The van der Waals surface area contributed by atoms with E-state index in [0.29, 0.717) is 17.6 Å². The van der Waals surface area contributed by atoms with Crippen LogP contribution >= 0.6 is 0 Å². The molecule has 3 rings (SSSR count). The fraction of sp³-hybridized carbons (Fsp3) is 0.667. The van der Waals surface area contributed by atoms with Crippen molar-refractivity contribution < 1.29 is 13.9 Å². The minimum atomic E-state index is -0.272. The van der Waals surface area contributed by atoms with Crippen molar-refractivity contribution in [3.05, 3.63) is 29.6 Å². The highest BCUT2D eigenvalue weighted by Gasteiger charge is 2.43. The molecule has 4 unspecified atom stereocenters. The van der Waals surface area contributed by atoms with E-state index in [0.717, 1.165) is 24.4 Å². The molecule has 0 N–H and O–H groups in total. The zero-order valence-electron chi connectivity index (χ0n) is 15.8. The van der Waals surface area contributed by atoms with Crippen molar-refractivity contribution in [2.24, 2.45) is 23.7 Å². The Morgan fingerprint density at radius 3 is 2.72 bits per heavy atom. The number of carbonyl (C=O) groups excluding carboxylic acids is 1. The maximum atomic E-state index is 14.7. The number of fused-ring (bicyclic) bond motifs is 2. The second-order valence-electron chi connectivity index (χ2n) is 8.47. The molecule has 4 heteroatoms. The fourth-order valence-electron chi connectivity index (χ4n) is 4.74. The number of hydrogen-bond acceptors (Lipinski definition) is 3. The fourth-order valence-corrected chi connectivity index (χ4v) is 4.74. The van der Waals surface area contributed by atoms with Crippen molar-refractivity contribution in [2.45, 2.75) is 45.4 Å². The van der Waals surface area contributed by atoms with Crippen LogP contribution in [0.3, 0.4) is 0 Å². The van der Waals surface area contributed by atoms with Gasteiger partial charge in [0, 0.05) is 6.54 Å². The first-order valence-electron chi connectivity index (χ1n) is 9.51. The maximum absolute atomic E-state index is 14.7. The van der Waals surface area contributed by atoms with E-state index >= 15 is 0 Å². The highest BCUT2D eigenvalue weighted by atomic mass is 19.1. The quantitative estimate of drug-likeness (QED) is 0.581. The largest absolute Gasteiger partial charge is 0.426 e. The minimum Gasteiger partial charge on any atom is -0.426 e. The number of esters is 1. The average Bonchev–Trinajstić information content (AvgIpc) is 2.94. The third kappa shape index (κ3) is 4.05. The molecule has 0 saturated heterocycles. The van der Waals surface area contributed by atoms with E-state index in [9.17, 15) is 9.18 Å². The summed E-state index contributed by atoms with van der Waals surface area (Å²) in [5.74, 6) is 1.93. The van der Waals surface area contributed by atoms with Gasteiger partial charge in [-0.15, -0.1) is 0 Å². The van der Waals surface area contributed by atoms with Gasteiger partial charge < -0.3 is 9.64 Å². The number of halogens is 1. The van der Waals surface area contributed by atoms with Crippen LogP contribution in [-0.4, -0.2) is 31.5 Å². The third-order valence-electron chi connectivity index (χ3n) is 5.92. The Hall–Kier alpha value is -1.42. The van der Waals surface area contributed by atoms with Crippen LogP contribution in [0, 0.1) is 29.5 Å². The van der Waals surface area contributed by atoms with Crippen LogP contribution in [0.1, 0.15) is 51.0 Å². The van der Waals surface area contributed by atoms with Crippen molar-refractivity contribution in [3.8, 4) is 5.75 Å². The van der Waals surface area contributed by atoms with Gasteiger partial charge in [0.2, 0.25) is 0 Å². The summed E-state index contributed by atoms with van der Waals surface area (Å²) in [5, 5.41) is 0. The number of ether oxygens (including phenoxy) is 1. The lowest BCUT2D eigenvalue weighted by molar-refractivity contribution is -0.137. The van der Waals surface area contributed by atoms with Crippen molar-refractivity contribution in [3.63, 3.8) is 0 Å². The summed E-state index contributed by atoms with van der Waals surface area (Å²) in [6.45, 7) is 4.59. The zero-order valence-corrected chi connectivity index (χ0v) is 15.8. The molecule has 2 fully saturated rings. The van der Waals surface area contributed by atoms with E-state index in [1.807, 2.05) is 0 Å². The number of benzene rings is 1. The molecule has 1 aromatic rings. The van der Waals surface area contributed by atoms with Crippen LogP contribution in [-0.2, 0) is 4.79 Å². The molecule has 0 aromatic heterocycles. The lowest BCUT2D eigenvalue weighted by atomic mass is 9.69. The molecular weight excluding hydrogens is 317 g/mol. The number of rotatable bonds is 5. The van der Waals surface area contributed by atoms with Crippen LogP contribution < -0.4 is 4.74 Å². The van der Waals surface area contributed by atoms with Crippen molar-refractivity contribution in [2.75, 3.05) is 20.6 Å². The molecule has 0 aliphatic heterocycles. The number of nitrogens with zero attached hydrogens (tertiary/aromatic N) is 1. The summed E-state index contributed by atoms with van der Waals surface area (Å²) in [6, 6.07) is 4.80. The average molecular weight is 347 g/mol. The van der Waals surface area contributed by atoms with Gasteiger partial charge in [-0.3, -0.25) is 4.79 Å². The topological polar surface area (TPSA) is 29.5 Å². The van der Waals surface area contributed by atoms with E-state index < -0.39 is 0 Å². The lowest BCUT2D eigenvalue weighted by Gasteiger charge is -2.38.